The van der Waals surface area contributed by atoms with Crippen LogP contribution in [0.1, 0.15) is 30.5 Å². The van der Waals surface area contributed by atoms with Crippen molar-refractivity contribution in [1.82, 2.24) is 0 Å². The fourth-order valence-corrected chi connectivity index (χ4v) is 2.29. The summed E-state index contributed by atoms with van der Waals surface area (Å²) in [7, 11) is 0. The van der Waals surface area contributed by atoms with Crippen LogP contribution in [0, 0.1) is 20.8 Å². The van der Waals surface area contributed by atoms with Gasteiger partial charge in [-0.2, -0.15) is 0 Å². The van der Waals surface area contributed by atoms with Crippen LogP contribution < -0.4 is 4.90 Å². The minimum absolute atomic E-state index is 0.264. The van der Waals surface area contributed by atoms with Gasteiger partial charge in [-0.3, -0.25) is 9.69 Å². The number of hydrogen-bond donors (Lipinski definition) is 1. The van der Waals surface area contributed by atoms with Gasteiger partial charge >= 0.3 is 5.97 Å². The molecule has 4 nitrogen and oxygen atoms in total. The van der Waals surface area contributed by atoms with Crippen LogP contribution in [-0.2, 0) is 9.59 Å². The zero-order chi connectivity index (χ0) is 14.0. The molecule has 1 atom stereocenters. The molecule has 0 radical (unpaired) electrons. The summed E-state index contributed by atoms with van der Waals surface area (Å²) in [6.45, 7) is 8.66. The lowest BCUT2D eigenvalue weighted by molar-refractivity contribution is -0.139. The lowest BCUT2D eigenvalue weighted by atomic mass is 10.0. The Kier molecular flexibility index (Phi) is 4.11. The van der Waals surface area contributed by atoms with Gasteiger partial charge in [-0.15, -0.1) is 0 Å². The highest BCUT2D eigenvalue weighted by Crippen LogP contribution is 2.28. The van der Waals surface area contributed by atoms with Gasteiger partial charge in [-0.1, -0.05) is 17.7 Å². The standard InChI is InChI=1S/C14H19NO3/c1-8-6-9(2)13(10(3)7-8)15(12(5)16)11(4)14(17)18/h6-7,11H,1-5H3,(H,17,18). The van der Waals surface area contributed by atoms with Gasteiger partial charge in [0.2, 0.25) is 5.91 Å². The van der Waals surface area contributed by atoms with Crippen LogP contribution in [0.4, 0.5) is 5.69 Å². The maximum atomic E-state index is 11.7. The van der Waals surface area contributed by atoms with E-state index in [0.29, 0.717) is 5.69 Å². The normalized spacial score (nSPS) is 12.1. The van der Waals surface area contributed by atoms with Gasteiger partial charge in [0.25, 0.3) is 0 Å². The van der Waals surface area contributed by atoms with Gasteiger partial charge in [-0.05, 0) is 38.8 Å². The number of carbonyl (C=O) groups excluding carboxylic acids is 1. The van der Waals surface area contributed by atoms with Gasteiger partial charge in [-0.25, -0.2) is 4.79 Å². The van der Waals surface area contributed by atoms with Crippen LogP contribution in [0.5, 0.6) is 0 Å². The predicted molar refractivity (Wildman–Crippen MR) is 70.9 cm³/mol. The predicted octanol–water partition coefficient (Wildman–Crippen LogP) is 2.44. The molecule has 4 heteroatoms. The van der Waals surface area contributed by atoms with Crippen LogP contribution in [0.25, 0.3) is 0 Å². The van der Waals surface area contributed by atoms with E-state index in [1.165, 1.54) is 18.7 Å². The number of hydrogen-bond acceptors (Lipinski definition) is 2. The number of nitrogens with zero attached hydrogens (tertiary/aromatic N) is 1. The molecule has 1 aromatic rings. The molecule has 0 heterocycles. The van der Waals surface area contributed by atoms with Crippen molar-refractivity contribution in [2.24, 2.45) is 0 Å². The van der Waals surface area contributed by atoms with Gasteiger partial charge in [0.15, 0.2) is 0 Å². The summed E-state index contributed by atoms with van der Waals surface area (Å²) in [6.07, 6.45) is 0. The quantitative estimate of drug-likeness (QED) is 0.895. The third-order valence-electron chi connectivity index (χ3n) is 2.96. The van der Waals surface area contributed by atoms with Crippen LogP contribution in [-0.4, -0.2) is 23.0 Å². The number of carbonyl (C=O) groups is 2. The highest BCUT2D eigenvalue weighted by atomic mass is 16.4. The van der Waals surface area contributed by atoms with Crippen molar-refractivity contribution >= 4 is 17.6 Å². The van der Waals surface area contributed by atoms with Crippen molar-refractivity contribution in [3.8, 4) is 0 Å². The van der Waals surface area contributed by atoms with Crippen LogP contribution >= 0.6 is 0 Å². The van der Waals surface area contributed by atoms with Gasteiger partial charge in [0.1, 0.15) is 6.04 Å². The molecule has 0 bridgehead atoms. The number of carboxylic acids is 1. The summed E-state index contributed by atoms with van der Waals surface area (Å²) >= 11 is 0. The molecule has 18 heavy (non-hydrogen) atoms. The molecule has 0 aliphatic carbocycles. The van der Waals surface area contributed by atoms with E-state index in [9.17, 15) is 9.59 Å². The summed E-state index contributed by atoms with van der Waals surface area (Å²) in [4.78, 5) is 24.2. The van der Waals surface area contributed by atoms with Crippen LogP contribution in [0.3, 0.4) is 0 Å². The van der Waals surface area contributed by atoms with Crippen molar-refractivity contribution in [2.45, 2.75) is 40.7 Å². The summed E-state index contributed by atoms with van der Waals surface area (Å²) in [5.74, 6) is -1.27. The molecular weight excluding hydrogens is 230 g/mol. The molecule has 1 rings (SSSR count). The molecule has 0 fully saturated rings. The molecule has 0 spiro atoms. The number of carboxylic acid groups (broad SMARTS) is 1. The third-order valence-corrected chi connectivity index (χ3v) is 2.96. The summed E-state index contributed by atoms with van der Waals surface area (Å²) in [5, 5.41) is 9.11. The molecule has 1 amide bonds. The maximum Gasteiger partial charge on any atom is 0.326 e. The number of aryl methyl sites for hydroxylation is 3. The lowest BCUT2D eigenvalue weighted by Gasteiger charge is -2.28. The van der Waals surface area contributed by atoms with Crippen molar-refractivity contribution < 1.29 is 14.7 Å². The Balaban J connectivity index is 3.40. The van der Waals surface area contributed by atoms with Crippen molar-refractivity contribution in [3.63, 3.8) is 0 Å². The van der Waals surface area contributed by atoms with Crippen molar-refractivity contribution in [2.75, 3.05) is 4.90 Å². The Hall–Kier alpha value is -1.84. The molecule has 0 aliphatic heterocycles. The summed E-state index contributed by atoms with van der Waals surface area (Å²) < 4.78 is 0. The summed E-state index contributed by atoms with van der Waals surface area (Å²) in [5.41, 5.74) is 3.62. The van der Waals surface area contributed by atoms with E-state index >= 15 is 0 Å². The molecule has 98 valence electrons. The Morgan fingerprint density at radius 2 is 1.61 bits per heavy atom. The van der Waals surface area contributed by atoms with Crippen LogP contribution in [0.15, 0.2) is 12.1 Å². The van der Waals surface area contributed by atoms with E-state index in [4.69, 9.17) is 5.11 Å². The Morgan fingerprint density at radius 3 is 1.94 bits per heavy atom. The van der Waals surface area contributed by atoms with E-state index in [0.717, 1.165) is 16.7 Å². The van der Waals surface area contributed by atoms with E-state index in [1.807, 2.05) is 32.9 Å². The Bertz CT molecular complexity index is 471. The summed E-state index contributed by atoms with van der Waals surface area (Å²) in [6, 6.07) is 3.03. The first-order valence-corrected chi connectivity index (χ1v) is 5.86. The van der Waals surface area contributed by atoms with Gasteiger partial charge < -0.3 is 5.11 Å². The highest BCUT2D eigenvalue weighted by Gasteiger charge is 2.26. The molecule has 0 aromatic heterocycles. The minimum atomic E-state index is -1.01. The van der Waals surface area contributed by atoms with Crippen molar-refractivity contribution in [1.29, 1.82) is 0 Å². The average Bonchev–Trinajstić information content (AvgIpc) is 2.21. The first-order chi connectivity index (χ1) is 8.25. The van der Waals surface area contributed by atoms with Crippen LogP contribution in [0.2, 0.25) is 0 Å². The van der Waals surface area contributed by atoms with E-state index in [2.05, 4.69) is 0 Å². The Morgan fingerprint density at radius 1 is 1.17 bits per heavy atom. The zero-order valence-corrected chi connectivity index (χ0v) is 11.4. The Labute approximate surface area is 107 Å². The van der Waals surface area contributed by atoms with Crippen molar-refractivity contribution in [3.05, 3.63) is 28.8 Å². The minimum Gasteiger partial charge on any atom is -0.480 e. The molecule has 0 saturated carbocycles. The number of aliphatic carboxylic acids is 1. The maximum absolute atomic E-state index is 11.7. The highest BCUT2D eigenvalue weighted by molar-refractivity contribution is 5.99. The monoisotopic (exact) mass is 249 g/mol. The van der Waals surface area contributed by atoms with E-state index in [1.54, 1.807) is 0 Å². The molecule has 1 unspecified atom stereocenters. The zero-order valence-electron chi connectivity index (χ0n) is 11.4. The molecule has 0 saturated heterocycles. The smallest absolute Gasteiger partial charge is 0.326 e. The fourth-order valence-electron chi connectivity index (χ4n) is 2.29. The largest absolute Gasteiger partial charge is 0.480 e. The second-order valence-corrected chi connectivity index (χ2v) is 4.65. The average molecular weight is 249 g/mol. The molecule has 1 N–H and O–H groups in total. The molecule has 0 aliphatic rings. The third kappa shape index (κ3) is 2.70. The first-order valence-electron chi connectivity index (χ1n) is 5.86. The topological polar surface area (TPSA) is 57.6 Å². The fraction of sp³-hybridized carbons (Fsp3) is 0.429. The number of anilines is 1. The molecular formula is C14H19NO3. The molecule has 1 aromatic carbocycles. The van der Waals surface area contributed by atoms with E-state index < -0.39 is 12.0 Å². The lowest BCUT2D eigenvalue weighted by Crippen LogP contribution is -2.43. The second kappa shape index (κ2) is 5.21. The van der Waals surface area contributed by atoms with Gasteiger partial charge in [0, 0.05) is 6.92 Å². The first kappa shape index (κ1) is 14.2. The SMILES string of the molecule is CC(=O)N(c1c(C)cc(C)cc1C)C(C)C(=O)O. The number of benzene rings is 1. The van der Waals surface area contributed by atoms with E-state index in [-0.39, 0.29) is 5.91 Å². The second-order valence-electron chi connectivity index (χ2n) is 4.65. The van der Waals surface area contributed by atoms with Gasteiger partial charge in [0.05, 0.1) is 5.69 Å². The number of rotatable bonds is 3. The number of amides is 1.